The van der Waals surface area contributed by atoms with E-state index in [9.17, 15) is 4.79 Å². The largest absolute Gasteiger partial charge is 0.363 e. The third-order valence-electron chi connectivity index (χ3n) is 6.09. The van der Waals surface area contributed by atoms with Crippen molar-refractivity contribution in [2.24, 2.45) is 0 Å². The van der Waals surface area contributed by atoms with Gasteiger partial charge < -0.3 is 9.88 Å². The van der Waals surface area contributed by atoms with Crippen molar-refractivity contribution in [3.63, 3.8) is 0 Å². The van der Waals surface area contributed by atoms with E-state index in [4.69, 9.17) is 17.2 Å². The van der Waals surface area contributed by atoms with Gasteiger partial charge in [-0.3, -0.25) is 9.78 Å². The minimum atomic E-state index is -0.101. The molecule has 1 aromatic carbocycles. The predicted molar refractivity (Wildman–Crippen MR) is 124 cm³/mol. The van der Waals surface area contributed by atoms with Crippen molar-refractivity contribution in [1.82, 2.24) is 15.0 Å². The van der Waals surface area contributed by atoms with E-state index >= 15 is 0 Å². The standard InChI is InChI=1S/C24H28N4OS/c1-28(2)21-10-6-9-19(25-21)15-20-22(26-24(30)27-23(20)29)18-13-11-17(12-14-18)16-7-4-3-5-8-16/h3-10,17-18H,11-15H2,1-2H3,(H2,26,27,29,30). The van der Waals surface area contributed by atoms with Gasteiger partial charge in [-0.25, -0.2) is 4.98 Å². The number of aromatic nitrogens is 3. The lowest BCUT2D eigenvalue weighted by molar-refractivity contribution is 0.389. The zero-order valence-electron chi connectivity index (χ0n) is 17.5. The summed E-state index contributed by atoms with van der Waals surface area (Å²) in [5, 5.41) is 0. The molecule has 0 atom stereocenters. The fourth-order valence-electron chi connectivity index (χ4n) is 4.49. The molecule has 4 rings (SSSR count). The number of rotatable bonds is 5. The molecule has 1 saturated carbocycles. The lowest BCUT2D eigenvalue weighted by Gasteiger charge is -2.29. The maximum absolute atomic E-state index is 12.8. The number of H-pyrrole nitrogens is 2. The zero-order chi connectivity index (χ0) is 21.1. The Morgan fingerprint density at radius 2 is 1.67 bits per heavy atom. The maximum Gasteiger partial charge on any atom is 0.255 e. The van der Waals surface area contributed by atoms with Crippen molar-refractivity contribution in [2.45, 2.75) is 43.9 Å². The number of nitrogens with zero attached hydrogens (tertiary/aromatic N) is 2. The topological polar surface area (TPSA) is 64.8 Å². The summed E-state index contributed by atoms with van der Waals surface area (Å²) in [4.78, 5) is 25.6. The molecule has 2 aromatic heterocycles. The lowest BCUT2D eigenvalue weighted by Crippen LogP contribution is -2.23. The molecule has 1 fully saturated rings. The van der Waals surface area contributed by atoms with Gasteiger partial charge in [-0.15, -0.1) is 0 Å². The third-order valence-corrected chi connectivity index (χ3v) is 6.29. The molecule has 156 valence electrons. The highest BCUT2D eigenvalue weighted by molar-refractivity contribution is 7.71. The van der Waals surface area contributed by atoms with Gasteiger partial charge in [0.05, 0.1) is 0 Å². The van der Waals surface area contributed by atoms with Crippen molar-refractivity contribution in [3.05, 3.63) is 86.2 Å². The molecule has 30 heavy (non-hydrogen) atoms. The van der Waals surface area contributed by atoms with Crippen LogP contribution in [0.3, 0.4) is 0 Å². The first-order chi connectivity index (χ1) is 14.5. The van der Waals surface area contributed by atoms with E-state index in [1.54, 1.807) is 0 Å². The van der Waals surface area contributed by atoms with Gasteiger partial charge in [-0.05, 0) is 67.4 Å². The number of benzene rings is 1. The zero-order valence-corrected chi connectivity index (χ0v) is 18.3. The van der Waals surface area contributed by atoms with Gasteiger partial charge in [0.2, 0.25) is 0 Å². The Morgan fingerprint density at radius 3 is 2.37 bits per heavy atom. The average Bonchev–Trinajstić information content (AvgIpc) is 2.76. The molecular formula is C24H28N4OS. The smallest absolute Gasteiger partial charge is 0.255 e. The Balaban J connectivity index is 1.59. The molecule has 2 heterocycles. The normalized spacial score (nSPS) is 18.9. The van der Waals surface area contributed by atoms with Gasteiger partial charge in [-0.1, -0.05) is 36.4 Å². The monoisotopic (exact) mass is 420 g/mol. The molecule has 0 bridgehead atoms. The molecule has 0 unspecified atom stereocenters. The van der Waals surface area contributed by atoms with E-state index in [0.717, 1.165) is 48.5 Å². The SMILES string of the molecule is CN(C)c1cccc(Cc2c(C3CCC(c4ccccc4)CC3)[nH]c(=S)[nH]c2=O)n1. The lowest BCUT2D eigenvalue weighted by atomic mass is 9.76. The molecular weight excluding hydrogens is 392 g/mol. The van der Waals surface area contributed by atoms with E-state index < -0.39 is 0 Å². The first-order valence-electron chi connectivity index (χ1n) is 10.5. The Morgan fingerprint density at radius 1 is 0.967 bits per heavy atom. The van der Waals surface area contributed by atoms with Crippen molar-refractivity contribution >= 4 is 18.0 Å². The molecule has 2 N–H and O–H groups in total. The second-order valence-electron chi connectivity index (χ2n) is 8.32. The second-order valence-corrected chi connectivity index (χ2v) is 8.73. The Labute approximate surface area is 182 Å². The number of nitrogens with one attached hydrogen (secondary N) is 2. The number of aromatic amines is 2. The number of pyridine rings is 1. The highest BCUT2D eigenvalue weighted by Crippen LogP contribution is 2.40. The molecule has 1 aliphatic carbocycles. The Kier molecular flexibility index (Phi) is 6.13. The van der Waals surface area contributed by atoms with Gasteiger partial charge in [0.15, 0.2) is 4.77 Å². The van der Waals surface area contributed by atoms with Gasteiger partial charge in [0, 0.05) is 37.5 Å². The highest BCUT2D eigenvalue weighted by Gasteiger charge is 2.26. The van der Waals surface area contributed by atoms with Crippen LogP contribution < -0.4 is 10.5 Å². The first-order valence-corrected chi connectivity index (χ1v) is 11.0. The minimum Gasteiger partial charge on any atom is -0.363 e. The fraction of sp³-hybridized carbons (Fsp3) is 0.375. The summed E-state index contributed by atoms with van der Waals surface area (Å²) in [5.41, 5.74) is 3.95. The molecule has 3 aromatic rings. The quantitative estimate of drug-likeness (QED) is 0.575. The van der Waals surface area contributed by atoms with E-state index in [-0.39, 0.29) is 5.56 Å². The molecule has 0 aliphatic heterocycles. The average molecular weight is 421 g/mol. The summed E-state index contributed by atoms with van der Waals surface area (Å²) in [6.07, 6.45) is 4.84. The van der Waals surface area contributed by atoms with Crippen LogP contribution in [0.25, 0.3) is 0 Å². The van der Waals surface area contributed by atoms with Crippen LogP contribution >= 0.6 is 12.2 Å². The number of anilines is 1. The second kappa shape index (κ2) is 8.96. The summed E-state index contributed by atoms with van der Waals surface area (Å²) in [6, 6.07) is 16.7. The third kappa shape index (κ3) is 4.54. The van der Waals surface area contributed by atoms with Gasteiger partial charge >= 0.3 is 0 Å². The summed E-state index contributed by atoms with van der Waals surface area (Å²) in [5.74, 6) is 1.80. The Bertz CT molecular complexity index is 1110. The van der Waals surface area contributed by atoms with Gasteiger partial charge in [0.1, 0.15) is 5.82 Å². The van der Waals surface area contributed by atoms with Gasteiger partial charge in [0.25, 0.3) is 5.56 Å². The summed E-state index contributed by atoms with van der Waals surface area (Å²) in [6.45, 7) is 0. The molecule has 6 heteroatoms. The van der Waals surface area contributed by atoms with Crippen LogP contribution in [0.2, 0.25) is 0 Å². The summed E-state index contributed by atoms with van der Waals surface area (Å²) >= 11 is 5.30. The highest BCUT2D eigenvalue weighted by atomic mass is 32.1. The van der Waals surface area contributed by atoms with Crippen molar-refractivity contribution in [2.75, 3.05) is 19.0 Å². The number of hydrogen-bond acceptors (Lipinski definition) is 4. The molecule has 5 nitrogen and oxygen atoms in total. The van der Waals surface area contributed by atoms with E-state index in [1.165, 1.54) is 5.56 Å². The van der Waals surface area contributed by atoms with Crippen LogP contribution in [0.4, 0.5) is 5.82 Å². The van der Waals surface area contributed by atoms with Crippen LogP contribution in [0.1, 0.15) is 60.0 Å². The van der Waals surface area contributed by atoms with E-state index in [2.05, 4.69) is 40.3 Å². The van der Waals surface area contributed by atoms with Crippen molar-refractivity contribution in [3.8, 4) is 0 Å². The Hall–Kier alpha value is -2.73. The predicted octanol–water partition coefficient (Wildman–Crippen LogP) is 4.93. The molecule has 0 amide bonds. The molecule has 1 aliphatic rings. The van der Waals surface area contributed by atoms with Crippen LogP contribution in [-0.2, 0) is 6.42 Å². The maximum atomic E-state index is 12.8. The minimum absolute atomic E-state index is 0.101. The van der Waals surface area contributed by atoms with Crippen molar-refractivity contribution < 1.29 is 0 Å². The van der Waals surface area contributed by atoms with Crippen molar-refractivity contribution in [1.29, 1.82) is 0 Å². The van der Waals surface area contributed by atoms with Crippen LogP contribution in [-0.4, -0.2) is 29.0 Å². The first kappa shape index (κ1) is 20.5. The van der Waals surface area contributed by atoms with Crippen LogP contribution in [0.15, 0.2) is 53.3 Å². The molecule has 0 radical (unpaired) electrons. The van der Waals surface area contributed by atoms with Gasteiger partial charge in [-0.2, -0.15) is 0 Å². The number of hydrogen-bond donors (Lipinski definition) is 2. The van der Waals surface area contributed by atoms with Crippen LogP contribution in [0, 0.1) is 4.77 Å². The summed E-state index contributed by atoms with van der Waals surface area (Å²) < 4.78 is 0.402. The molecule has 0 spiro atoms. The summed E-state index contributed by atoms with van der Waals surface area (Å²) in [7, 11) is 3.94. The van der Waals surface area contributed by atoms with E-state index in [1.807, 2.05) is 37.2 Å². The van der Waals surface area contributed by atoms with Crippen LogP contribution in [0.5, 0.6) is 0 Å². The molecule has 0 saturated heterocycles. The van der Waals surface area contributed by atoms with E-state index in [0.29, 0.717) is 23.0 Å². The fourth-order valence-corrected chi connectivity index (χ4v) is 4.69.